The first-order valence-electron chi connectivity index (χ1n) is 16.6. The third-order valence-corrected chi connectivity index (χ3v) is 12.0. The van der Waals surface area contributed by atoms with E-state index in [1.807, 2.05) is 18.2 Å². The molecule has 2 N–H and O–H groups in total. The summed E-state index contributed by atoms with van der Waals surface area (Å²) in [4.78, 5) is 28.3. The van der Waals surface area contributed by atoms with Gasteiger partial charge in [-0.25, -0.2) is 17.9 Å². The summed E-state index contributed by atoms with van der Waals surface area (Å²) in [5.74, 6) is 0.0202. The van der Waals surface area contributed by atoms with Gasteiger partial charge in [0, 0.05) is 35.5 Å². The van der Waals surface area contributed by atoms with Gasteiger partial charge >= 0.3 is 6.09 Å². The average molecular weight is 684 g/mol. The lowest BCUT2D eigenvalue weighted by Crippen LogP contribution is -2.50. The molecule has 3 aliphatic carbocycles. The Morgan fingerprint density at radius 3 is 2.72 bits per heavy atom. The summed E-state index contributed by atoms with van der Waals surface area (Å²) < 4.78 is 47.8. The van der Waals surface area contributed by atoms with Gasteiger partial charge in [-0.15, -0.1) is 0 Å². The fraction of sp³-hybridized carbons (Fsp3) is 0.543. The molecule has 1 spiro atoms. The second-order valence-electron chi connectivity index (χ2n) is 14.2. The molecule has 7 rings (SSSR count). The van der Waals surface area contributed by atoms with Gasteiger partial charge in [0.05, 0.1) is 23.8 Å². The smallest absolute Gasteiger partial charge is 0.407 e. The Labute approximate surface area is 281 Å². The third-order valence-electron chi connectivity index (χ3n) is 10.5. The molecule has 2 saturated carbocycles. The highest BCUT2D eigenvalue weighted by Gasteiger charge is 2.45. The molecule has 0 radical (unpaired) electrons. The predicted molar refractivity (Wildman–Crippen MR) is 177 cm³/mol. The fourth-order valence-corrected chi connectivity index (χ4v) is 8.75. The molecule has 252 valence electrons. The number of sulfonamides is 1. The maximum atomic E-state index is 13.6. The van der Waals surface area contributed by atoms with Gasteiger partial charge < -0.3 is 24.4 Å². The highest BCUT2D eigenvalue weighted by molar-refractivity contribution is 7.90. The van der Waals surface area contributed by atoms with Crippen molar-refractivity contribution in [1.29, 1.82) is 0 Å². The highest BCUT2D eigenvalue weighted by Crippen LogP contribution is 2.47. The molecular weight excluding hydrogens is 642 g/mol. The summed E-state index contributed by atoms with van der Waals surface area (Å²) in [5.41, 5.74) is 1.29. The monoisotopic (exact) mass is 683 g/mol. The molecule has 2 aromatic carbocycles. The number of fused-ring (bicyclic) bond motifs is 4. The number of aryl methyl sites for hydroxylation is 1. The number of anilines is 1. The van der Waals surface area contributed by atoms with Gasteiger partial charge in [-0.1, -0.05) is 23.7 Å². The molecule has 47 heavy (non-hydrogen) atoms. The first-order valence-corrected chi connectivity index (χ1v) is 18.4. The Bertz CT molecular complexity index is 1710. The molecule has 2 aromatic rings. The number of ether oxygens (including phenoxy) is 3. The van der Waals surface area contributed by atoms with E-state index in [1.165, 1.54) is 31.0 Å². The number of halogens is 1. The van der Waals surface area contributed by atoms with E-state index in [1.54, 1.807) is 18.2 Å². The van der Waals surface area contributed by atoms with Gasteiger partial charge in [0.15, 0.2) is 0 Å². The van der Waals surface area contributed by atoms with Crippen LogP contribution in [-0.4, -0.2) is 64.5 Å². The number of rotatable bonds is 2. The van der Waals surface area contributed by atoms with Crippen molar-refractivity contribution < 1.29 is 32.2 Å². The first-order chi connectivity index (χ1) is 22.4. The third kappa shape index (κ3) is 6.58. The van der Waals surface area contributed by atoms with Crippen LogP contribution in [0.4, 0.5) is 10.5 Å². The number of nitrogens with one attached hydrogen (secondary N) is 2. The Balaban J connectivity index is 1.28. The minimum Gasteiger partial charge on any atom is -0.490 e. The summed E-state index contributed by atoms with van der Waals surface area (Å²) in [5, 5.41) is 3.64. The molecule has 2 amide bonds. The SMILES string of the molecule is CC1(C)OCC=C[C@H](OC(=O)NC2CC2)[C@@H]2CC[C@H]2CN2C[C@@]3(CCCc4cc(Cl)ccc43)COc3ccc(cc32)S(=O)(=O)NC1=O. The predicted octanol–water partition coefficient (Wildman–Crippen LogP) is 5.27. The van der Waals surface area contributed by atoms with E-state index in [0.29, 0.717) is 36.2 Å². The number of benzene rings is 2. The molecule has 4 atom stereocenters. The molecule has 10 nitrogen and oxygen atoms in total. The van der Waals surface area contributed by atoms with Crippen LogP contribution in [0.2, 0.25) is 5.02 Å². The van der Waals surface area contributed by atoms with Crippen LogP contribution < -0.4 is 19.7 Å². The van der Waals surface area contributed by atoms with Crippen LogP contribution in [0.1, 0.15) is 63.5 Å². The van der Waals surface area contributed by atoms with Crippen LogP contribution in [0, 0.1) is 11.8 Å². The van der Waals surface area contributed by atoms with E-state index in [4.69, 9.17) is 25.8 Å². The Morgan fingerprint density at radius 1 is 1.13 bits per heavy atom. The van der Waals surface area contributed by atoms with Crippen molar-refractivity contribution >= 4 is 39.3 Å². The number of hydrogen-bond donors (Lipinski definition) is 2. The molecule has 2 fully saturated rings. The summed E-state index contributed by atoms with van der Waals surface area (Å²) >= 11 is 6.42. The van der Waals surface area contributed by atoms with Crippen molar-refractivity contribution in [2.45, 2.75) is 86.9 Å². The fourth-order valence-electron chi connectivity index (χ4n) is 7.43. The number of carbonyl (C=O) groups is 2. The van der Waals surface area contributed by atoms with Gasteiger partial charge in [0.25, 0.3) is 15.9 Å². The Kier molecular flexibility index (Phi) is 8.45. The van der Waals surface area contributed by atoms with E-state index >= 15 is 0 Å². The van der Waals surface area contributed by atoms with Crippen molar-refractivity contribution in [1.82, 2.24) is 10.0 Å². The van der Waals surface area contributed by atoms with E-state index < -0.39 is 33.7 Å². The maximum absolute atomic E-state index is 13.6. The largest absolute Gasteiger partial charge is 0.490 e. The van der Waals surface area contributed by atoms with Crippen molar-refractivity contribution in [2.24, 2.45) is 11.8 Å². The summed E-state index contributed by atoms with van der Waals surface area (Å²) in [7, 11) is -4.23. The number of hydrogen-bond acceptors (Lipinski definition) is 8. The summed E-state index contributed by atoms with van der Waals surface area (Å²) in [6.45, 7) is 4.74. The zero-order chi connectivity index (χ0) is 33.0. The molecular formula is C35H42ClN3O7S. The van der Waals surface area contributed by atoms with Crippen molar-refractivity contribution in [2.75, 3.05) is 31.2 Å². The van der Waals surface area contributed by atoms with E-state index in [-0.39, 0.29) is 34.8 Å². The van der Waals surface area contributed by atoms with Crippen molar-refractivity contribution in [3.05, 3.63) is 64.7 Å². The lowest BCUT2D eigenvalue weighted by atomic mass is 9.68. The summed E-state index contributed by atoms with van der Waals surface area (Å²) in [6, 6.07) is 11.0. The Hall–Kier alpha value is -3.28. The lowest BCUT2D eigenvalue weighted by Gasteiger charge is -2.46. The minimum absolute atomic E-state index is 0.0316. The van der Waals surface area contributed by atoms with Crippen LogP contribution in [0.15, 0.2) is 53.4 Å². The molecule has 2 aliphatic heterocycles. The van der Waals surface area contributed by atoms with Crippen LogP contribution in [0.3, 0.4) is 0 Å². The quantitative estimate of drug-likeness (QED) is 0.411. The van der Waals surface area contributed by atoms with Gasteiger partial charge in [-0.05, 0) is 112 Å². The number of carbonyl (C=O) groups excluding carboxylic acids is 2. The molecule has 5 aliphatic rings. The molecule has 2 bridgehead atoms. The number of nitrogens with zero attached hydrogens (tertiary/aromatic N) is 1. The number of alkyl carbamates (subject to hydrolysis) is 1. The van der Waals surface area contributed by atoms with Crippen molar-refractivity contribution in [3.8, 4) is 5.75 Å². The molecule has 0 aromatic heterocycles. The normalized spacial score (nSPS) is 29.6. The van der Waals surface area contributed by atoms with Crippen LogP contribution in [-0.2, 0) is 36.1 Å². The van der Waals surface area contributed by atoms with E-state index in [9.17, 15) is 18.0 Å². The zero-order valence-corrected chi connectivity index (χ0v) is 28.4. The molecule has 0 unspecified atom stereocenters. The second-order valence-corrected chi connectivity index (χ2v) is 16.3. The molecule has 0 saturated heterocycles. The van der Waals surface area contributed by atoms with Gasteiger partial charge in [0.1, 0.15) is 17.5 Å². The van der Waals surface area contributed by atoms with E-state index in [2.05, 4.69) is 21.0 Å². The van der Waals surface area contributed by atoms with Gasteiger partial charge in [-0.3, -0.25) is 4.79 Å². The molecule has 2 heterocycles. The molecule has 12 heteroatoms. The maximum Gasteiger partial charge on any atom is 0.407 e. The Morgan fingerprint density at radius 2 is 1.96 bits per heavy atom. The second kappa shape index (κ2) is 12.3. The minimum atomic E-state index is -4.23. The summed E-state index contributed by atoms with van der Waals surface area (Å²) in [6.07, 6.45) is 9.24. The van der Waals surface area contributed by atoms with Gasteiger partial charge in [-0.2, -0.15) is 0 Å². The van der Waals surface area contributed by atoms with Crippen LogP contribution in [0.25, 0.3) is 0 Å². The topological polar surface area (TPSA) is 123 Å². The van der Waals surface area contributed by atoms with Crippen LogP contribution in [0.5, 0.6) is 5.75 Å². The van der Waals surface area contributed by atoms with Crippen molar-refractivity contribution in [3.63, 3.8) is 0 Å². The zero-order valence-electron chi connectivity index (χ0n) is 26.8. The standard InChI is InChI=1S/C35H42ClN3O7S/c1-34(2)32(40)38-47(42,43)26-11-14-31-29(18-26)39(20-35(21-44-31)15-3-5-22-17-24(36)8-13-28(22)35)19-23-7-12-27(23)30(6-4-16-45-34)46-33(41)37-25-9-10-25/h4,6,8,11,13-14,17-18,23,25,27,30H,3,5,7,9-10,12,15-16,19-21H2,1-2H3,(H,37,41)(H,38,40)/t23-,27+,30-,35-/m0/s1. The van der Waals surface area contributed by atoms with Gasteiger partial charge in [0.2, 0.25) is 0 Å². The van der Waals surface area contributed by atoms with E-state index in [0.717, 1.165) is 44.9 Å². The lowest BCUT2D eigenvalue weighted by molar-refractivity contribution is -0.139. The average Bonchev–Trinajstić information content (AvgIpc) is 3.84. The highest BCUT2D eigenvalue weighted by atomic mass is 35.5. The number of amides is 2. The first kappa shape index (κ1) is 32.3. The van der Waals surface area contributed by atoms with Crippen LogP contribution >= 0.6 is 11.6 Å².